The summed E-state index contributed by atoms with van der Waals surface area (Å²) in [5.74, 6) is 0. The summed E-state index contributed by atoms with van der Waals surface area (Å²) in [7, 11) is 30.3. The maximum atomic E-state index is 5.06. The van der Waals surface area contributed by atoms with E-state index in [9.17, 15) is 0 Å². The maximum absolute atomic E-state index is 5.33. The Balaban J connectivity index is 0. The number of halogens is 6. The smallest absolute Gasteiger partial charge is 0 e. The Kier molecular flexibility index (Phi) is 5.57. The minimum atomic E-state index is -5.33. The summed E-state index contributed by atoms with van der Waals surface area (Å²) in [6.45, 7) is -5.33. The minimum absolute atomic E-state index is 0. The van der Waals surface area contributed by atoms with Gasteiger partial charge in [-0.1, -0.05) is 0 Å². The summed E-state index contributed by atoms with van der Waals surface area (Å²) in [6, 6.07) is 0. The van der Waals surface area contributed by atoms with Crippen molar-refractivity contribution >= 4 is 109 Å². The normalized spacial score (nSPS) is 20.2. The third-order valence-corrected chi connectivity index (χ3v) is 0. The second kappa shape index (κ2) is 3.06. The molecule has 0 spiro atoms. The fraction of sp³-hybridized carbons (Fsp3) is 0. The van der Waals surface area contributed by atoms with Crippen LogP contribution in [-0.2, 0) is 6.81 Å². The fourth-order valence-corrected chi connectivity index (χ4v) is 0. The summed E-state index contributed by atoms with van der Waals surface area (Å²) in [5.41, 5.74) is 0. The monoisotopic (exact) mass is 442 g/mol. The zero-order valence-corrected chi connectivity index (χ0v) is 13.7. The number of hydrogen-bond donors (Lipinski definition) is 0. The first-order chi connectivity index (χ1) is 2.45. The minimum Gasteiger partial charge on any atom is 0 e. The van der Waals surface area contributed by atoms with E-state index in [-0.39, 0.29) is 51.4 Å². The Labute approximate surface area is 112 Å². The van der Waals surface area contributed by atoms with Crippen LogP contribution in [0.5, 0.6) is 0 Å². The molecule has 0 saturated heterocycles. The molecule has 8 heteroatoms. The van der Waals surface area contributed by atoms with Gasteiger partial charge < -0.3 is 0 Å². The molecule has 0 aliphatic heterocycles. The average Bonchev–Trinajstić information content (AvgIpc) is 0.592. The SMILES string of the molecule is [Cl][Ir]([Cl])([Cl])([Cl])([Cl])[Cl].[K]. The Morgan fingerprint density at radius 3 is 0.625 bits per heavy atom. The van der Waals surface area contributed by atoms with Crippen molar-refractivity contribution in [2.45, 2.75) is 0 Å². The van der Waals surface area contributed by atoms with Crippen LogP contribution in [0.4, 0.5) is 0 Å². The summed E-state index contributed by atoms with van der Waals surface area (Å²) in [5, 5.41) is 0. The van der Waals surface area contributed by atoms with Crippen molar-refractivity contribution in [1.82, 2.24) is 0 Å². The predicted octanol–water partition coefficient (Wildman–Crippen LogP) is 3.75. The van der Waals surface area contributed by atoms with Crippen molar-refractivity contribution in [1.29, 1.82) is 0 Å². The Morgan fingerprint density at radius 1 is 0.625 bits per heavy atom. The van der Waals surface area contributed by atoms with Gasteiger partial charge in [-0.05, 0) is 0 Å². The van der Waals surface area contributed by atoms with Gasteiger partial charge in [0.1, 0.15) is 0 Å². The van der Waals surface area contributed by atoms with E-state index in [1.165, 1.54) is 0 Å². The second-order valence-electron chi connectivity index (χ2n) is 0.714. The van der Waals surface area contributed by atoms with Crippen LogP contribution in [0.1, 0.15) is 0 Å². The molecule has 0 unspecified atom stereocenters. The van der Waals surface area contributed by atoms with Crippen LogP contribution in [0, 0.1) is 0 Å². The molecule has 0 fully saturated rings. The number of rotatable bonds is 0. The van der Waals surface area contributed by atoms with Crippen molar-refractivity contribution in [3.63, 3.8) is 0 Å². The molecular weight excluding hydrogens is 444 g/mol. The van der Waals surface area contributed by atoms with Gasteiger partial charge in [0.05, 0.1) is 0 Å². The molecular formula is Cl6IrK. The van der Waals surface area contributed by atoms with Crippen LogP contribution in [0.2, 0.25) is 0 Å². The van der Waals surface area contributed by atoms with Gasteiger partial charge in [0.2, 0.25) is 0 Å². The van der Waals surface area contributed by atoms with E-state index in [1.807, 2.05) is 0 Å². The quantitative estimate of drug-likeness (QED) is 0.500. The van der Waals surface area contributed by atoms with Crippen molar-refractivity contribution in [2.75, 3.05) is 0 Å². The molecule has 0 aliphatic carbocycles. The largest absolute Gasteiger partial charge is 0 e. The molecule has 0 aromatic rings. The molecule has 0 bridgehead atoms. The van der Waals surface area contributed by atoms with Crippen molar-refractivity contribution in [3.8, 4) is 0 Å². The molecule has 0 amide bonds. The van der Waals surface area contributed by atoms with E-state index in [0.29, 0.717) is 0 Å². The molecule has 52 valence electrons. The van der Waals surface area contributed by atoms with Crippen LogP contribution in [0.25, 0.3) is 0 Å². The van der Waals surface area contributed by atoms with Crippen LogP contribution in [0.15, 0.2) is 0 Å². The molecule has 0 heterocycles. The number of hydrogen-bond acceptors (Lipinski definition) is 0. The molecule has 0 saturated carbocycles. The van der Waals surface area contributed by atoms with Crippen LogP contribution < -0.4 is 0 Å². The zero-order valence-electron chi connectivity index (χ0n) is 3.60. The standard InChI is InChI=1S/6ClH.Ir.K/h6*1H;;/q;;;;;;+6;/p-6. The Hall–Kier alpha value is 4.03. The molecule has 8 heavy (non-hydrogen) atoms. The molecule has 0 aromatic carbocycles. The van der Waals surface area contributed by atoms with Crippen LogP contribution >= 0.6 is 57.5 Å². The molecule has 0 rings (SSSR count). The van der Waals surface area contributed by atoms with Crippen molar-refractivity contribution < 1.29 is 6.81 Å². The second-order valence-corrected chi connectivity index (χ2v) is 52.6. The van der Waals surface area contributed by atoms with Gasteiger partial charge in [-0.25, -0.2) is 0 Å². The van der Waals surface area contributed by atoms with Gasteiger partial charge in [0.15, 0.2) is 0 Å². The van der Waals surface area contributed by atoms with Crippen LogP contribution in [-0.4, -0.2) is 51.4 Å². The van der Waals surface area contributed by atoms with E-state index >= 15 is 0 Å². The van der Waals surface area contributed by atoms with Gasteiger partial charge in [-0.15, -0.1) is 0 Å². The molecule has 0 nitrogen and oxygen atoms in total. The van der Waals surface area contributed by atoms with Gasteiger partial charge in [-0.3, -0.25) is 0 Å². The third-order valence-electron chi connectivity index (χ3n) is 0. The summed E-state index contributed by atoms with van der Waals surface area (Å²) < 4.78 is 0. The van der Waals surface area contributed by atoms with Crippen molar-refractivity contribution in [3.05, 3.63) is 0 Å². The summed E-state index contributed by atoms with van der Waals surface area (Å²) in [4.78, 5) is 0. The van der Waals surface area contributed by atoms with Gasteiger partial charge in [0, 0.05) is 51.4 Å². The third kappa shape index (κ3) is 50.4. The first-order valence-electron chi connectivity index (χ1n) is 0.756. The van der Waals surface area contributed by atoms with E-state index in [4.69, 9.17) is 57.5 Å². The van der Waals surface area contributed by atoms with E-state index < -0.39 is 6.81 Å². The molecule has 1 radical (unpaired) electrons. The molecule has 0 N–H and O–H groups in total. The fourth-order valence-electron chi connectivity index (χ4n) is 0. The topological polar surface area (TPSA) is 0 Å². The average molecular weight is 444 g/mol. The predicted molar refractivity (Wildman–Crippen MR) is 40.9 cm³/mol. The molecule has 0 atom stereocenters. The van der Waals surface area contributed by atoms with E-state index in [2.05, 4.69) is 0 Å². The van der Waals surface area contributed by atoms with Gasteiger partial charge in [0.25, 0.3) is 0 Å². The zero-order chi connectivity index (χ0) is 6.41. The van der Waals surface area contributed by atoms with Gasteiger partial charge >= 0.3 is 64.3 Å². The summed E-state index contributed by atoms with van der Waals surface area (Å²) >= 11 is 0. The summed E-state index contributed by atoms with van der Waals surface area (Å²) in [6.07, 6.45) is 0. The first kappa shape index (κ1) is 14.5. The van der Waals surface area contributed by atoms with Crippen molar-refractivity contribution in [2.24, 2.45) is 0 Å². The Bertz CT molecular complexity index is 67.1. The van der Waals surface area contributed by atoms with Gasteiger partial charge in [-0.2, -0.15) is 0 Å². The molecule has 0 aliphatic rings. The van der Waals surface area contributed by atoms with Crippen LogP contribution in [0.3, 0.4) is 0 Å². The maximum Gasteiger partial charge on any atom is 0 e. The van der Waals surface area contributed by atoms with E-state index in [1.54, 1.807) is 0 Å². The van der Waals surface area contributed by atoms with E-state index in [0.717, 1.165) is 0 Å². The Morgan fingerprint density at radius 2 is 0.625 bits per heavy atom. The first-order valence-corrected chi connectivity index (χ1v) is 18.6. The molecule has 0 aromatic heterocycles.